The molecule has 5 heteroatoms. The number of amides is 1. The lowest BCUT2D eigenvalue weighted by atomic mass is 10.0. The number of benzene rings is 3. The molecule has 3 aromatic rings. The molecule has 0 unspecified atom stereocenters. The minimum Gasteiger partial charge on any atom is -0.454 e. The second-order valence-electron chi connectivity index (χ2n) is 6.95. The van der Waals surface area contributed by atoms with Crippen LogP contribution in [0.4, 0.5) is 0 Å². The number of likely N-dealkylation sites (N-methyl/N-ethyl adjacent to an activating group) is 1. The van der Waals surface area contributed by atoms with E-state index >= 15 is 0 Å². The Hall–Kier alpha value is -3.31. The summed E-state index contributed by atoms with van der Waals surface area (Å²) in [7, 11) is 1.77. The molecule has 5 nitrogen and oxygen atoms in total. The predicted molar refractivity (Wildman–Crippen MR) is 110 cm³/mol. The summed E-state index contributed by atoms with van der Waals surface area (Å²) in [5.41, 5.74) is 3.02. The van der Waals surface area contributed by atoms with Crippen LogP contribution < -0.4 is 9.47 Å². The molecular weight excluding hydrogens is 366 g/mol. The van der Waals surface area contributed by atoms with Crippen molar-refractivity contribution in [3.8, 4) is 11.5 Å². The Balaban J connectivity index is 1.41. The third-order valence-corrected chi connectivity index (χ3v) is 4.86. The lowest BCUT2D eigenvalue weighted by Gasteiger charge is -2.22. The number of nitrogens with zero attached hydrogens (tertiary/aromatic N) is 1. The van der Waals surface area contributed by atoms with Crippen molar-refractivity contribution in [3.63, 3.8) is 0 Å². The standard InChI is InChI=1S/C24H23NO4/c1-25(15-18-12-13-21-22(14-18)29-17-28-21)23(26)16-27-24(19-8-4-2-5-9-19)20-10-6-3-7-11-20/h2-14,24H,15-17H2,1H3. The van der Waals surface area contributed by atoms with Crippen molar-refractivity contribution in [1.82, 2.24) is 4.90 Å². The van der Waals surface area contributed by atoms with Gasteiger partial charge in [0.2, 0.25) is 12.7 Å². The molecule has 0 aromatic heterocycles. The highest BCUT2D eigenvalue weighted by Crippen LogP contribution is 2.32. The zero-order valence-corrected chi connectivity index (χ0v) is 16.3. The van der Waals surface area contributed by atoms with Gasteiger partial charge in [-0.15, -0.1) is 0 Å². The quantitative estimate of drug-likeness (QED) is 0.608. The maximum absolute atomic E-state index is 12.7. The first-order valence-electron chi connectivity index (χ1n) is 9.55. The molecule has 148 valence electrons. The third-order valence-electron chi connectivity index (χ3n) is 4.86. The summed E-state index contributed by atoms with van der Waals surface area (Å²) in [5.74, 6) is 1.37. The van der Waals surface area contributed by atoms with Gasteiger partial charge in [-0.05, 0) is 28.8 Å². The number of rotatable bonds is 7. The molecule has 1 heterocycles. The fourth-order valence-corrected chi connectivity index (χ4v) is 3.31. The van der Waals surface area contributed by atoms with Crippen molar-refractivity contribution < 1.29 is 19.0 Å². The first-order chi connectivity index (χ1) is 14.2. The molecule has 1 aliphatic heterocycles. The molecule has 0 atom stereocenters. The van der Waals surface area contributed by atoms with Crippen molar-refractivity contribution in [2.75, 3.05) is 20.4 Å². The second-order valence-corrected chi connectivity index (χ2v) is 6.95. The highest BCUT2D eigenvalue weighted by Gasteiger charge is 2.19. The van der Waals surface area contributed by atoms with Crippen LogP contribution >= 0.6 is 0 Å². The largest absolute Gasteiger partial charge is 0.454 e. The molecule has 1 amide bonds. The van der Waals surface area contributed by atoms with Crippen molar-refractivity contribution in [2.24, 2.45) is 0 Å². The molecule has 0 saturated carbocycles. The van der Waals surface area contributed by atoms with Gasteiger partial charge in [0.15, 0.2) is 11.5 Å². The van der Waals surface area contributed by atoms with E-state index in [1.54, 1.807) is 11.9 Å². The highest BCUT2D eigenvalue weighted by molar-refractivity contribution is 5.77. The number of ether oxygens (including phenoxy) is 3. The second kappa shape index (κ2) is 8.80. The molecular formula is C24H23NO4. The fourth-order valence-electron chi connectivity index (χ4n) is 3.31. The molecule has 0 radical (unpaired) electrons. The number of hydrogen-bond acceptors (Lipinski definition) is 4. The maximum atomic E-state index is 12.7. The topological polar surface area (TPSA) is 48.0 Å². The van der Waals surface area contributed by atoms with Gasteiger partial charge >= 0.3 is 0 Å². The summed E-state index contributed by atoms with van der Waals surface area (Å²) in [5, 5.41) is 0. The number of hydrogen-bond donors (Lipinski definition) is 0. The Morgan fingerprint density at radius 3 is 2.21 bits per heavy atom. The van der Waals surface area contributed by atoms with Gasteiger partial charge in [0.05, 0.1) is 0 Å². The van der Waals surface area contributed by atoms with Crippen LogP contribution in [-0.2, 0) is 16.1 Å². The molecule has 29 heavy (non-hydrogen) atoms. The first kappa shape index (κ1) is 19.0. The number of carbonyl (C=O) groups is 1. The molecule has 4 rings (SSSR count). The van der Waals surface area contributed by atoms with E-state index in [9.17, 15) is 4.79 Å². The molecule has 0 bridgehead atoms. The summed E-state index contributed by atoms with van der Waals surface area (Å²) in [6, 6.07) is 25.6. The molecule has 0 spiro atoms. The first-order valence-corrected chi connectivity index (χ1v) is 9.55. The molecule has 0 fully saturated rings. The lowest BCUT2D eigenvalue weighted by molar-refractivity contribution is -0.136. The van der Waals surface area contributed by atoms with E-state index in [2.05, 4.69) is 0 Å². The fraction of sp³-hybridized carbons (Fsp3) is 0.208. The summed E-state index contributed by atoms with van der Waals surface area (Å²) < 4.78 is 16.8. The van der Waals surface area contributed by atoms with E-state index in [1.165, 1.54) is 0 Å². The molecule has 0 N–H and O–H groups in total. The van der Waals surface area contributed by atoms with Crippen LogP contribution in [0.1, 0.15) is 22.8 Å². The van der Waals surface area contributed by atoms with Crippen molar-refractivity contribution in [3.05, 3.63) is 95.6 Å². The van der Waals surface area contributed by atoms with Crippen molar-refractivity contribution in [2.45, 2.75) is 12.6 Å². The van der Waals surface area contributed by atoms with Crippen LogP contribution in [0.15, 0.2) is 78.9 Å². The van der Waals surface area contributed by atoms with Gasteiger partial charge in [-0.2, -0.15) is 0 Å². The van der Waals surface area contributed by atoms with E-state index in [1.807, 2.05) is 78.9 Å². The third kappa shape index (κ3) is 4.58. The zero-order valence-electron chi connectivity index (χ0n) is 16.3. The maximum Gasteiger partial charge on any atom is 0.248 e. The molecule has 1 aliphatic rings. The van der Waals surface area contributed by atoms with E-state index in [-0.39, 0.29) is 25.4 Å². The van der Waals surface area contributed by atoms with Gasteiger partial charge in [-0.25, -0.2) is 0 Å². The monoisotopic (exact) mass is 389 g/mol. The van der Waals surface area contributed by atoms with E-state index in [4.69, 9.17) is 14.2 Å². The number of fused-ring (bicyclic) bond motifs is 1. The van der Waals surface area contributed by atoms with Gasteiger partial charge in [-0.1, -0.05) is 66.7 Å². The van der Waals surface area contributed by atoms with Crippen molar-refractivity contribution >= 4 is 5.91 Å². The predicted octanol–water partition coefficient (Wildman–Crippen LogP) is 4.18. The Morgan fingerprint density at radius 2 is 1.55 bits per heavy atom. The Kier molecular flexibility index (Phi) is 5.77. The van der Waals surface area contributed by atoms with Crippen LogP contribution in [0.5, 0.6) is 11.5 Å². The van der Waals surface area contributed by atoms with Crippen LogP contribution in [0.25, 0.3) is 0 Å². The van der Waals surface area contributed by atoms with Crippen LogP contribution in [0.2, 0.25) is 0 Å². The molecule has 3 aromatic carbocycles. The summed E-state index contributed by atoms with van der Waals surface area (Å²) in [6.07, 6.45) is -0.291. The smallest absolute Gasteiger partial charge is 0.248 e. The average molecular weight is 389 g/mol. The highest BCUT2D eigenvalue weighted by atomic mass is 16.7. The van der Waals surface area contributed by atoms with Crippen molar-refractivity contribution in [1.29, 1.82) is 0 Å². The normalized spacial score (nSPS) is 12.2. The van der Waals surface area contributed by atoms with Gasteiger partial charge < -0.3 is 19.1 Å². The van der Waals surface area contributed by atoms with E-state index < -0.39 is 0 Å². The molecule has 0 saturated heterocycles. The summed E-state index contributed by atoms with van der Waals surface area (Å²) in [6.45, 7) is 0.706. The Labute approximate surface area is 170 Å². The Morgan fingerprint density at radius 1 is 0.931 bits per heavy atom. The zero-order chi connectivity index (χ0) is 20.1. The minimum absolute atomic E-state index is 0.00446. The lowest BCUT2D eigenvalue weighted by Crippen LogP contribution is -2.30. The van der Waals surface area contributed by atoms with Crippen LogP contribution in [0, 0.1) is 0 Å². The molecule has 0 aliphatic carbocycles. The average Bonchev–Trinajstić information content (AvgIpc) is 3.23. The van der Waals surface area contributed by atoms with Crippen LogP contribution in [-0.4, -0.2) is 31.3 Å². The summed E-state index contributed by atoms with van der Waals surface area (Å²) in [4.78, 5) is 14.4. The minimum atomic E-state index is -0.291. The van der Waals surface area contributed by atoms with Gasteiger partial charge in [0.25, 0.3) is 0 Å². The van der Waals surface area contributed by atoms with E-state index in [0.29, 0.717) is 12.3 Å². The van der Waals surface area contributed by atoms with Crippen LogP contribution in [0.3, 0.4) is 0 Å². The van der Waals surface area contributed by atoms with E-state index in [0.717, 1.165) is 22.4 Å². The summed E-state index contributed by atoms with van der Waals surface area (Å²) >= 11 is 0. The van der Waals surface area contributed by atoms with Gasteiger partial charge in [-0.3, -0.25) is 4.79 Å². The Bertz CT molecular complexity index is 920. The SMILES string of the molecule is CN(Cc1ccc2c(c1)OCO2)C(=O)COC(c1ccccc1)c1ccccc1. The number of carbonyl (C=O) groups excluding carboxylic acids is 1. The van der Waals surface area contributed by atoms with Gasteiger partial charge in [0, 0.05) is 13.6 Å². The van der Waals surface area contributed by atoms with Gasteiger partial charge in [0.1, 0.15) is 12.7 Å².